The quantitative estimate of drug-likeness (QED) is 0.551. The number of nitrogens with zero attached hydrogens (tertiary/aromatic N) is 1. The van der Waals surface area contributed by atoms with Crippen LogP contribution in [0.15, 0.2) is 24.3 Å². The third-order valence-corrected chi connectivity index (χ3v) is 6.13. The summed E-state index contributed by atoms with van der Waals surface area (Å²) in [5, 5.41) is 2.63. The van der Waals surface area contributed by atoms with Crippen LogP contribution in [0, 0.1) is 23.7 Å². The Kier molecular flexibility index (Phi) is 5.25. The van der Waals surface area contributed by atoms with Gasteiger partial charge in [0.1, 0.15) is 12.3 Å². The van der Waals surface area contributed by atoms with Gasteiger partial charge in [0.05, 0.1) is 24.1 Å². The van der Waals surface area contributed by atoms with Gasteiger partial charge in [-0.1, -0.05) is 12.1 Å². The highest BCUT2D eigenvalue weighted by Gasteiger charge is 2.61. The molecule has 1 heterocycles. The first-order chi connectivity index (χ1) is 14.0. The molecule has 4 rings (SSSR count). The van der Waals surface area contributed by atoms with Crippen molar-refractivity contribution in [3.63, 3.8) is 0 Å². The number of rotatable bonds is 7. The van der Waals surface area contributed by atoms with Crippen molar-refractivity contribution in [2.24, 2.45) is 23.7 Å². The maximum atomic E-state index is 12.6. The zero-order chi connectivity index (χ0) is 20.5. The van der Waals surface area contributed by atoms with Crippen LogP contribution in [0.25, 0.3) is 0 Å². The highest BCUT2D eigenvalue weighted by atomic mass is 16.5. The van der Waals surface area contributed by atoms with E-state index in [-0.39, 0.29) is 35.5 Å². The molecule has 0 aromatic heterocycles. The summed E-state index contributed by atoms with van der Waals surface area (Å²) in [6, 6.07) is 6.93. The monoisotopic (exact) mass is 400 g/mol. The van der Waals surface area contributed by atoms with Gasteiger partial charge in [-0.3, -0.25) is 24.1 Å². The second-order valence-electron chi connectivity index (χ2n) is 7.79. The molecule has 1 aromatic rings. The van der Waals surface area contributed by atoms with Crippen molar-refractivity contribution in [3.05, 3.63) is 24.3 Å². The van der Waals surface area contributed by atoms with Crippen molar-refractivity contribution in [1.29, 1.82) is 0 Å². The zero-order valence-corrected chi connectivity index (χ0v) is 16.3. The lowest BCUT2D eigenvalue weighted by atomic mass is 9.81. The van der Waals surface area contributed by atoms with Crippen LogP contribution >= 0.6 is 0 Å². The molecule has 0 radical (unpaired) electrons. The van der Waals surface area contributed by atoms with Gasteiger partial charge in [0.2, 0.25) is 11.8 Å². The van der Waals surface area contributed by atoms with E-state index in [0.29, 0.717) is 18.0 Å². The van der Waals surface area contributed by atoms with Crippen LogP contribution in [0.2, 0.25) is 0 Å². The molecular weight excluding hydrogens is 376 g/mol. The number of amides is 3. The summed E-state index contributed by atoms with van der Waals surface area (Å²) in [5.74, 6) is -1.33. The molecular formula is C21H24N2O6. The number of ether oxygens (including phenoxy) is 2. The molecule has 8 nitrogen and oxygen atoms in total. The first-order valence-electron chi connectivity index (χ1n) is 10.0. The van der Waals surface area contributed by atoms with E-state index < -0.39 is 25.0 Å². The molecule has 3 amide bonds. The minimum absolute atomic E-state index is 0.263. The van der Waals surface area contributed by atoms with Crippen molar-refractivity contribution >= 4 is 29.4 Å². The molecule has 2 bridgehead atoms. The Hall–Kier alpha value is -2.90. The zero-order valence-electron chi connectivity index (χ0n) is 16.3. The first kappa shape index (κ1) is 19.4. The molecule has 0 unspecified atom stereocenters. The van der Waals surface area contributed by atoms with E-state index in [1.165, 1.54) is 0 Å². The molecule has 0 spiro atoms. The molecule has 3 aliphatic rings. The Morgan fingerprint density at radius 1 is 1.10 bits per heavy atom. The Morgan fingerprint density at radius 2 is 1.76 bits per heavy atom. The highest BCUT2D eigenvalue weighted by Crippen LogP contribution is 2.56. The fourth-order valence-electron chi connectivity index (χ4n) is 4.98. The van der Waals surface area contributed by atoms with E-state index in [0.717, 1.165) is 24.2 Å². The van der Waals surface area contributed by atoms with Crippen LogP contribution in [-0.2, 0) is 23.9 Å². The molecule has 1 saturated heterocycles. The van der Waals surface area contributed by atoms with Crippen LogP contribution < -0.4 is 10.1 Å². The molecule has 1 N–H and O–H groups in total. The molecule has 3 fully saturated rings. The van der Waals surface area contributed by atoms with Crippen molar-refractivity contribution in [1.82, 2.24) is 4.90 Å². The number of benzene rings is 1. The summed E-state index contributed by atoms with van der Waals surface area (Å²) in [4.78, 5) is 50.5. The van der Waals surface area contributed by atoms with Crippen molar-refractivity contribution < 1.29 is 28.7 Å². The molecule has 1 aliphatic heterocycles. The smallest absolute Gasteiger partial charge is 0.326 e. The first-order valence-corrected chi connectivity index (χ1v) is 10.0. The van der Waals surface area contributed by atoms with E-state index in [2.05, 4.69) is 5.32 Å². The number of fused-ring (bicyclic) bond motifs is 5. The minimum atomic E-state index is -0.771. The lowest BCUT2D eigenvalue weighted by molar-refractivity contribution is -0.154. The number of imide groups is 1. The maximum absolute atomic E-state index is 12.6. The lowest BCUT2D eigenvalue weighted by Crippen LogP contribution is -2.38. The average Bonchev–Trinajstić information content (AvgIpc) is 3.38. The number of para-hydroxylation sites is 2. The van der Waals surface area contributed by atoms with Crippen molar-refractivity contribution in [2.45, 2.75) is 26.2 Å². The van der Waals surface area contributed by atoms with Gasteiger partial charge in [-0.2, -0.15) is 0 Å². The normalized spacial score (nSPS) is 27.1. The number of carbonyl (C=O) groups excluding carboxylic acids is 4. The number of hydrogen-bond acceptors (Lipinski definition) is 6. The average molecular weight is 400 g/mol. The Labute approximate surface area is 168 Å². The molecule has 29 heavy (non-hydrogen) atoms. The maximum Gasteiger partial charge on any atom is 0.326 e. The summed E-state index contributed by atoms with van der Waals surface area (Å²) in [5.41, 5.74) is 0.476. The van der Waals surface area contributed by atoms with Crippen LogP contribution in [0.3, 0.4) is 0 Å². The SMILES string of the molecule is CCOc1ccccc1NC(=O)COC(=O)CN1C(=O)[C@@H]2[C@H]3CC[C@@H](C3)[C@@H]2C1=O. The predicted octanol–water partition coefficient (Wildman–Crippen LogP) is 1.60. The molecule has 2 saturated carbocycles. The molecule has 154 valence electrons. The van der Waals surface area contributed by atoms with E-state index in [4.69, 9.17) is 9.47 Å². The van der Waals surface area contributed by atoms with Crippen LogP contribution in [-0.4, -0.2) is 48.3 Å². The summed E-state index contributed by atoms with van der Waals surface area (Å²) in [6.45, 7) is 1.34. The molecule has 1 aromatic carbocycles. The van der Waals surface area contributed by atoms with E-state index >= 15 is 0 Å². The fourth-order valence-corrected chi connectivity index (χ4v) is 4.98. The van der Waals surface area contributed by atoms with Gasteiger partial charge >= 0.3 is 5.97 Å². The number of esters is 1. The number of anilines is 1. The summed E-state index contributed by atoms with van der Waals surface area (Å²) < 4.78 is 10.4. The van der Waals surface area contributed by atoms with Crippen LogP contribution in [0.5, 0.6) is 5.75 Å². The fraction of sp³-hybridized carbons (Fsp3) is 0.524. The summed E-state index contributed by atoms with van der Waals surface area (Å²) >= 11 is 0. The Morgan fingerprint density at radius 3 is 2.41 bits per heavy atom. The van der Waals surface area contributed by atoms with E-state index in [1.807, 2.05) is 6.92 Å². The minimum Gasteiger partial charge on any atom is -0.492 e. The Balaban J connectivity index is 1.29. The van der Waals surface area contributed by atoms with Gasteiger partial charge in [0.25, 0.3) is 5.91 Å². The summed E-state index contributed by atoms with van der Waals surface area (Å²) in [7, 11) is 0. The van der Waals surface area contributed by atoms with E-state index in [9.17, 15) is 19.2 Å². The van der Waals surface area contributed by atoms with Gasteiger partial charge in [0.15, 0.2) is 6.61 Å². The number of likely N-dealkylation sites (tertiary alicyclic amines) is 1. The topological polar surface area (TPSA) is 102 Å². The van der Waals surface area contributed by atoms with Crippen LogP contribution in [0.1, 0.15) is 26.2 Å². The third kappa shape index (κ3) is 3.59. The standard InChI is InChI=1S/C21H24N2O6/c1-2-28-15-6-4-3-5-14(15)22-16(24)11-29-17(25)10-23-20(26)18-12-7-8-13(9-12)19(18)21(23)27/h3-6,12-13,18-19H,2,7-11H2,1H3,(H,22,24)/t12-,13-,18-,19+/m0/s1. The Bertz CT molecular complexity index is 825. The number of nitrogens with one attached hydrogen (secondary N) is 1. The van der Waals surface area contributed by atoms with Crippen molar-refractivity contribution in [3.8, 4) is 5.75 Å². The third-order valence-electron chi connectivity index (χ3n) is 6.13. The van der Waals surface area contributed by atoms with Gasteiger partial charge in [-0.05, 0) is 50.2 Å². The molecule has 4 atom stereocenters. The predicted molar refractivity (Wildman–Crippen MR) is 102 cm³/mol. The van der Waals surface area contributed by atoms with Gasteiger partial charge < -0.3 is 14.8 Å². The summed E-state index contributed by atoms with van der Waals surface area (Å²) in [6.07, 6.45) is 2.90. The van der Waals surface area contributed by atoms with Gasteiger partial charge in [-0.25, -0.2) is 0 Å². The van der Waals surface area contributed by atoms with Crippen LogP contribution in [0.4, 0.5) is 5.69 Å². The van der Waals surface area contributed by atoms with Gasteiger partial charge in [0, 0.05) is 0 Å². The second kappa shape index (κ2) is 7.85. The lowest BCUT2D eigenvalue weighted by Gasteiger charge is -2.19. The molecule has 8 heteroatoms. The van der Waals surface area contributed by atoms with Gasteiger partial charge in [-0.15, -0.1) is 0 Å². The highest BCUT2D eigenvalue weighted by molar-refractivity contribution is 6.08. The van der Waals surface area contributed by atoms with Crippen molar-refractivity contribution in [2.75, 3.05) is 25.1 Å². The largest absolute Gasteiger partial charge is 0.492 e. The van der Waals surface area contributed by atoms with E-state index in [1.54, 1.807) is 24.3 Å². The molecule has 2 aliphatic carbocycles. The number of carbonyl (C=O) groups is 4. The number of hydrogen-bond donors (Lipinski definition) is 1. The second-order valence-corrected chi connectivity index (χ2v) is 7.79.